The smallest absolute Gasteiger partial charge is 0.213 e. The molecule has 1 aromatic rings. The molecule has 1 aromatic heterocycles. The van der Waals surface area contributed by atoms with Gasteiger partial charge in [0.1, 0.15) is 0 Å². The van der Waals surface area contributed by atoms with E-state index in [2.05, 4.69) is 10.3 Å². The Morgan fingerprint density at radius 1 is 1.24 bits per heavy atom. The summed E-state index contributed by atoms with van der Waals surface area (Å²) < 4.78 is 11.5. The largest absolute Gasteiger partial charge is 0.477 e. The normalized spacial score (nSPS) is 23.7. The van der Waals surface area contributed by atoms with Gasteiger partial charge in [0, 0.05) is 24.8 Å². The number of halogens is 2. The Labute approximate surface area is 138 Å². The summed E-state index contributed by atoms with van der Waals surface area (Å²) >= 11 is 0. The lowest BCUT2D eigenvalue weighted by Crippen LogP contribution is -2.48. The molecule has 2 aliphatic heterocycles. The molecule has 0 saturated carbocycles. The Kier molecular flexibility index (Phi) is 7.74. The van der Waals surface area contributed by atoms with E-state index in [1.807, 2.05) is 18.2 Å². The predicted molar refractivity (Wildman–Crippen MR) is 87.7 cm³/mol. The van der Waals surface area contributed by atoms with Gasteiger partial charge in [0.25, 0.3) is 0 Å². The minimum Gasteiger partial charge on any atom is -0.477 e. The Bertz CT molecular complexity index is 392. The summed E-state index contributed by atoms with van der Waals surface area (Å²) in [7, 11) is 0. The first-order valence-corrected chi connectivity index (χ1v) is 7.21. The molecule has 1 spiro atoms. The van der Waals surface area contributed by atoms with Gasteiger partial charge in [-0.2, -0.15) is 0 Å². The molecule has 3 heterocycles. The zero-order valence-corrected chi connectivity index (χ0v) is 13.8. The van der Waals surface area contributed by atoms with Crippen molar-refractivity contribution < 1.29 is 9.47 Å². The van der Waals surface area contributed by atoms with E-state index in [-0.39, 0.29) is 24.8 Å². The molecular formula is C15H24Cl2N2O2. The molecule has 2 fully saturated rings. The molecular weight excluding hydrogens is 311 g/mol. The number of hydrogen-bond acceptors (Lipinski definition) is 4. The van der Waals surface area contributed by atoms with Gasteiger partial charge in [-0.05, 0) is 43.8 Å². The van der Waals surface area contributed by atoms with E-state index in [4.69, 9.17) is 9.47 Å². The SMILES string of the molecule is Cl.Cl.c1ccc(OCC2COCCC23CCNCC3)nc1. The van der Waals surface area contributed by atoms with Crippen LogP contribution >= 0.6 is 24.8 Å². The van der Waals surface area contributed by atoms with Crippen LogP contribution in [0.25, 0.3) is 0 Å². The highest BCUT2D eigenvalue weighted by molar-refractivity contribution is 5.85. The third-order valence-corrected chi connectivity index (χ3v) is 4.60. The highest BCUT2D eigenvalue weighted by Crippen LogP contribution is 2.43. The molecule has 0 bridgehead atoms. The lowest BCUT2D eigenvalue weighted by atomic mass is 9.66. The van der Waals surface area contributed by atoms with E-state index in [1.165, 1.54) is 19.3 Å². The Morgan fingerprint density at radius 2 is 2.05 bits per heavy atom. The maximum Gasteiger partial charge on any atom is 0.213 e. The van der Waals surface area contributed by atoms with Crippen LogP contribution in [0.5, 0.6) is 5.88 Å². The van der Waals surface area contributed by atoms with Gasteiger partial charge < -0.3 is 14.8 Å². The standard InChI is InChI=1S/C15H22N2O2.2ClH/c1-2-7-17-14(3-1)19-12-13-11-18-10-6-15(13)4-8-16-9-5-15;;/h1-3,7,13,16H,4-6,8-12H2;2*1H. The molecule has 1 unspecified atom stereocenters. The van der Waals surface area contributed by atoms with Crippen molar-refractivity contribution in [2.75, 3.05) is 32.9 Å². The topological polar surface area (TPSA) is 43.4 Å². The van der Waals surface area contributed by atoms with Crippen molar-refractivity contribution >= 4 is 24.8 Å². The van der Waals surface area contributed by atoms with Crippen molar-refractivity contribution in [3.63, 3.8) is 0 Å². The third-order valence-electron chi connectivity index (χ3n) is 4.60. The fourth-order valence-electron chi connectivity index (χ4n) is 3.31. The van der Waals surface area contributed by atoms with E-state index >= 15 is 0 Å². The van der Waals surface area contributed by atoms with Crippen LogP contribution < -0.4 is 10.1 Å². The highest BCUT2D eigenvalue weighted by atomic mass is 35.5. The van der Waals surface area contributed by atoms with Crippen molar-refractivity contribution in [1.29, 1.82) is 0 Å². The van der Waals surface area contributed by atoms with Crippen LogP contribution in [0.2, 0.25) is 0 Å². The van der Waals surface area contributed by atoms with Gasteiger partial charge >= 0.3 is 0 Å². The molecule has 21 heavy (non-hydrogen) atoms. The second kappa shape index (κ2) is 8.79. The minimum absolute atomic E-state index is 0. The first-order valence-electron chi connectivity index (χ1n) is 7.21. The number of aromatic nitrogens is 1. The number of pyridine rings is 1. The van der Waals surface area contributed by atoms with Crippen LogP contribution in [0.1, 0.15) is 19.3 Å². The van der Waals surface area contributed by atoms with Crippen molar-refractivity contribution in [1.82, 2.24) is 10.3 Å². The Morgan fingerprint density at radius 3 is 2.76 bits per heavy atom. The quantitative estimate of drug-likeness (QED) is 0.922. The van der Waals surface area contributed by atoms with Crippen LogP contribution in [-0.4, -0.2) is 37.9 Å². The summed E-state index contributed by atoms with van der Waals surface area (Å²) in [5.41, 5.74) is 0.415. The number of ether oxygens (including phenoxy) is 2. The van der Waals surface area contributed by atoms with Crippen molar-refractivity contribution in [2.24, 2.45) is 11.3 Å². The zero-order chi connectivity index (χ0) is 13.0. The number of piperidine rings is 1. The summed E-state index contributed by atoms with van der Waals surface area (Å²) in [4.78, 5) is 4.22. The minimum atomic E-state index is 0. The molecule has 1 atom stereocenters. The van der Waals surface area contributed by atoms with Crippen molar-refractivity contribution in [3.05, 3.63) is 24.4 Å². The Hall–Kier alpha value is -0.550. The summed E-state index contributed by atoms with van der Waals surface area (Å²) in [6, 6.07) is 5.78. The monoisotopic (exact) mass is 334 g/mol. The Balaban J connectivity index is 0.00000110. The van der Waals surface area contributed by atoms with Gasteiger partial charge in [-0.1, -0.05) is 6.07 Å². The van der Waals surface area contributed by atoms with Gasteiger partial charge in [0.2, 0.25) is 5.88 Å². The van der Waals surface area contributed by atoms with E-state index in [0.717, 1.165) is 38.8 Å². The van der Waals surface area contributed by atoms with E-state index < -0.39 is 0 Å². The summed E-state index contributed by atoms with van der Waals surface area (Å²) in [6.07, 6.45) is 5.43. The molecule has 1 N–H and O–H groups in total. The van der Waals surface area contributed by atoms with E-state index in [0.29, 0.717) is 11.3 Å². The molecule has 0 aliphatic carbocycles. The molecule has 2 saturated heterocycles. The van der Waals surface area contributed by atoms with Crippen LogP contribution in [0.3, 0.4) is 0 Å². The predicted octanol–water partition coefficient (Wildman–Crippen LogP) is 2.71. The van der Waals surface area contributed by atoms with Crippen LogP contribution in [-0.2, 0) is 4.74 Å². The van der Waals surface area contributed by atoms with Gasteiger partial charge in [-0.25, -0.2) is 4.98 Å². The second-order valence-electron chi connectivity index (χ2n) is 5.61. The summed E-state index contributed by atoms with van der Waals surface area (Å²) in [6.45, 7) is 4.70. The average molecular weight is 335 g/mol. The van der Waals surface area contributed by atoms with Crippen LogP contribution in [0.4, 0.5) is 0 Å². The number of rotatable bonds is 3. The molecule has 120 valence electrons. The van der Waals surface area contributed by atoms with Crippen LogP contribution in [0, 0.1) is 11.3 Å². The first-order chi connectivity index (χ1) is 9.39. The first kappa shape index (κ1) is 18.5. The maximum absolute atomic E-state index is 5.86. The molecule has 0 radical (unpaired) electrons. The van der Waals surface area contributed by atoms with Gasteiger partial charge in [-0.15, -0.1) is 24.8 Å². The summed E-state index contributed by atoms with van der Waals surface area (Å²) in [5.74, 6) is 1.21. The molecule has 4 nitrogen and oxygen atoms in total. The van der Waals surface area contributed by atoms with E-state index in [9.17, 15) is 0 Å². The lowest BCUT2D eigenvalue weighted by molar-refractivity contribution is -0.0725. The summed E-state index contributed by atoms with van der Waals surface area (Å²) in [5, 5.41) is 3.46. The molecule has 3 rings (SSSR count). The highest BCUT2D eigenvalue weighted by Gasteiger charge is 2.42. The molecule has 6 heteroatoms. The lowest BCUT2D eigenvalue weighted by Gasteiger charge is -2.46. The fourth-order valence-corrected chi connectivity index (χ4v) is 3.31. The molecule has 2 aliphatic rings. The van der Waals surface area contributed by atoms with Crippen molar-refractivity contribution in [2.45, 2.75) is 19.3 Å². The third kappa shape index (κ3) is 4.46. The van der Waals surface area contributed by atoms with Crippen LogP contribution in [0.15, 0.2) is 24.4 Å². The van der Waals surface area contributed by atoms with Gasteiger partial charge in [-0.3, -0.25) is 0 Å². The zero-order valence-electron chi connectivity index (χ0n) is 12.1. The van der Waals surface area contributed by atoms with Crippen molar-refractivity contribution in [3.8, 4) is 5.88 Å². The van der Waals surface area contributed by atoms with Gasteiger partial charge in [0.05, 0.1) is 13.2 Å². The number of nitrogens with zero attached hydrogens (tertiary/aromatic N) is 1. The maximum atomic E-state index is 5.86. The number of nitrogens with one attached hydrogen (secondary N) is 1. The van der Waals surface area contributed by atoms with E-state index in [1.54, 1.807) is 6.20 Å². The second-order valence-corrected chi connectivity index (χ2v) is 5.61. The molecule has 0 amide bonds. The average Bonchev–Trinajstić information content (AvgIpc) is 2.48. The molecule has 0 aromatic carbocycles. The number of hydrogen-bond donors (Lipinski definition) is 1. The van der Waals surface area contributed by atoms with Gasteiger partial charge in [0.15, 0.2) is 0 Å². The fraction of sp³-hybridized carbons (Fsp3) is 0.667.